The third-order valence-electron chi connectivity index (χ3n) is 3.56. The van der Waals surface area contributed by atoms with Gasteiger partial charge in [0.1, 0.15) is 6.04 Å². The van der Waals surface area contributed by atoms with E-state index in [1.807, 2.05) is 12.1 Å². The van der Waals surface area contributed by atoms with E-state index in [1.54, 1.807) is 47.9 Å². The molecular formula is C16H13NO3. The zero-order valence-electron chi connectivity index (χ0n) is 10.9. The first-order valence-corrected chi connectivity index (χ1v) is 6.36. The third-order valence-corrected chi connectivity index (χ3v) is 3.56. The van der Waals surface area contributed by atoms with Gasteiger partial charge in [-0.25, -0.2) is 4.79 Å². The third kappa shape index (κ3) is 1.69. The normalized spacial score (nSPS) is 12.7. The second kappa shape index (κ2) is 4.49. The predicted octanol–water partition coefficient (Wildman–Crippen LogP) is 2.80. The first-order valence-electron chi connectivity index (χ1n) is 6.36. The largest absolute Gasteiger partial charge is 0.480 e. The standard InChI is InChI=1S/C16H13NO3/c1-10(16(19)20)17-13-8-4-2-6-11(13)15(18)12-7-3-5-9-14(12)17/h2-10H,1H3,(H,19,20). The molecule has 100 valence electrons. The summed E-state index contributed by atoms with van der Waals surface area (Å²) in [7, 11) is 0. The molecule has 1 atom stereocenters. The molecule has 0 aliphatic heterocycles. The maximum atomic E-state index is 12.5. The van der Waals surface area contributed by atoms with Gasteiger partial charge in [-0.1, -0.05) is 24.3 Å². The number of benzene rings is 2. The van der Waals surface area contributed by atoms with Crippen molar-refractivity contribution in [3.63, 3.8) is 0 Å². The molecule has 3 rings (SSSR count). The van der Waals surface area contributed by atoms with Crippen LogP contribution in [0.4, 0.5) is 0 Å². The molecule has 1 aromatic heterocycles. The second-order valence-corrected chi connectivity index (χ2v) is 4.75. The van der Waals surface area contributed by atoms with Gasteiger partial charge in [-0.3, -0.25) is 4.79 Å². The van der Waals surface area contributed by atoms with Gasteiger partial charge in [0.2, 0.25) is 0 Å². The number of rotatable bonds is 2. The van der Waals surface area contributed by atoms with Crippen molar-refractivity contribution in [1.82, 2.24) is 4.57 Å². The highest BCUT2D eigenvalue weighted by Gasteiger charge is 2.18. The number of carbonyl (C=O) groups is 1. The smallest absolute Gasteiger partial charge is 0.326 e. The van der Waals surface area contributed by atoms with Crippen molar-refractivity contribution in [3.05, 3.63) is 58.8 Å². The minimum atomic E-state index is -0.927. The van der Waals surface area contributed by atoms with Gasteiger partial charge in [0.25, 0.3) is 0 Å². The van der Waals surface area contributed by atoms with Gasteiger partial charge >= 0.3 is 5.97 Å². The molecule has 0 aliphatic rings. The Hall–Kier alpha value is -2.62. The summed E-state index contributed by atoms with van der Waals surface area (Å²) in [5, 5.41) is 10.4. The number of hydrogen-bond acceptors (Lipinski definition) is 2. The van der Waals surface area contributed by atoms with Gasteiger partial charge in [-0.05, 0) is 31.2 Å². The Morgan fingerprint density at radius 3 is 1.90 bits per heavy atom. The monoisotopic (exact) mass is 267 g/mol. The van der Waals surface area contributed by atoms with Crippen LogP contribution in [0.1, 0.15) is 13.0 Å². The summed E-state index contributed by atoms with van der Waals surface area (Å²) >= 11 is 0. The Kier molecular flexibility index (Phi) is 2.79. The lowest BCUT2D eigenvalue weighted by atomic mass is 10.1. The Bertz CT molecular complexity index is 820. The summed E-state index contributed by atoms with van der Waals surface area (Å²) in [5.74, 6) is -0.927. The van der Waals surface area contributed by atoms with Crippen LogP contribution in [0.3, 0.4) is 0 Å². The van der Waals surface area contributed by atoms with E-state index in [4.69, 9.17) is 0 Å². The van der Waals surface area contributed by atoms with Crippen molar-refractivity contribution in [1.29, 1.82) is 0 Å². The van der Waals surface area contributed by atoms with Gasteiger partial charge in [0.15, 0.2) is 5.43 Å². The number of para-hydroxylation sites is 2. The van der Waals surface area contributed by atoms with Crippen molar-refractivity contribution in [2.75, 3.05) is 0 Å². The molecule has 20 heavy (non-hydrogen) atoms. The molecule has 0 fully saturated rings. The van der Waals surface area contributed by atoms with Crippen LogP contribution in [-0.2, 0) is 4.79 Å². The van der Waals surface area contributed by atoms with Crippen LogP contribution in [0.5, 0.6) is 0 Å². The van der Waals surface area contributed by atoms with E-state index in [-0.39, 0.29) is 5.43 Å². The number of hydrogen-bond donors (Lipinski definition) is 1. The fraction of sp³-hybridized carbons (Fsp3) is 0.125. The van der Waals surface area contributed by atoms with E-state index in [0.29, 0.717) is 21.8 Å². The fourth-order valence-electron chi connectivity index (χ4n) is 2.55. The Labute approximate surface area is 114 Å². The number of pyridine rings is 1. The van der Waals surface area contributed by atoms with Crippen LogP contribution in [0.25, 0.3) is 21.8 Å². The molecule has 3 aromatic rings. The molecule has 4 heteroatoms. The highest BCUT2D eigenvalue weighted by molar-refractivity contribution is 5.95. The number of carboxylic acid groups (broad SMARTS) is 1. The highest BCUT2D eigenvalue weighted by Crippen LogP contribution is 2.23. The van der Waals surface area contributed by atoms with Crippen molar-refractivity contribution < 1.29 is 9.90 Å². The Morgan fingerprint density at radius 2 is 1.45 bits per heavy atom. The number of aromatic nitrogens is 1. The molecule has 0 spiro atoms. The molecule has 0 radical (unpaired) electrons. The average Bonchev–Trinajstić information content (AvgIpc) is 2.47. The molecule has 0 saturated heterocycles. The summed E-state index contributed by atoms with van der Waals surface area (Å²) < 4.78 is 1.70. The highest BCUT2D eigenvalue weighted by atomic mass is 16.4. The van der Waals surface area contributed by atoms with Crippen LogP contribution in [-0.4, -0.2) is 15.6 Å². The van der Waals surface area contributed by atoms with Gasteiger partial charge in [0, 0.05) is 10.8 Å². The van der Waals surface area contributed by atoms with Crippen LogP contribution in [0.15, 0.2) is 53.3 Å². The first-order chi connectivity index (χ1) is 9.61. The summed E-state index contributed by atoms with van der Waals surface area (Å²) in [5.41, 5.74) is 1.22. The van der Waals surface area contributed by atoms with Crippen molar-refractivity contribution in [2.24, 2.45) is 0 Å². The van der Waals surface area contributed by atoms with Crippen LogP contribution in [0, 0.1) is 0 Å². The molecule has 0 bridgehead atoms. The Morgan fingerprint density at radius 1 is 1.00 bits per heavy atom. The number of aliphatic carboxylic acids is 1. The quantitative estimate of drug-likeness (QED) is 0.726. The van der Waals surface area contributed by atoms with E-state index in [0.717, 1.165) is 0 Å². The number of carboxylic acids is 1. The minimum Gasteiger partial charge on any atom is -0.480 e. The maximum absolute atomic E-state index is 12.5. The molecular weight excluding hydrogens is 254 g/mol. The molecule has 1 heterocycles. The summed E-state index contributed by atoms with van der Waals surface area (Å²) in [6, 6.07) is 13.5. The number of fused-ring (bicyclic) bond motifs is 2. The van der Waals surface area contributed by atoms with E-state index < -0.39 is 12.0 Å². The second-order valence-electron chi connectivity index (χ2n) is 4.75. The molecule has 4 nitrogen and oxygen atoms in total. The summed E-state index contributed by atoms with van der Waals surface area (Å²) in [6.45, 7) is 1.62. The molecule has 0 aliphatic carbocycles. The zero-order valence-corrected chi connectivity index (χ0v) is 10.9. The summed E-state index contributed by atoms with van der Waals surface area (Å²) in [6.07, 6.45) is 0. The number of nitrogens with zero attached hydrogens (tertiary/aromatic N) is 1. The van der Waals surface area contributed by atoms with Crippen molar-refractivity contribution in [2.45, 2.75) is 13.0 Å². The SMILES string of the molecule is CC(C(=O)O)n1c2ccccc2c(=O)c2ccccc21. The average molecular weight is 267 g/mol. The van der Waals surface area contributed by atoms with E-state index in [2.05, 4.69) is 0 Å². The van der Waals surface area contributed by atoms with Gasteiger partial charge in [-0.15, -0.1) is 0 Å². The fourth-order valence-corrected chi connectivity index (χ4v) is 2.55. The van der Waals surface area contributed by atoms with Crippen LogP contribution < -0.4 is 5.43 Å². The van der Waals surface area contributed by atoms with Crippen molar-refractivity contribution in [3.8, 4) is 0 Å². The molecule has 0 saturated carbocycles. The Balaban J connectivity index is 2.60. The van der Waals surface area contributed by atoms with Gasteiger partial charge in [-0.2, -0.15) is 0 Å². The lowest BCUT2D eigenvalue weighted by molar-refractivity contribution is -0.140. The minimum absolute atomic E-state index is 0.0648. The predicted molar refractivity (Wildman–Crippen MR) is 78.1 cm³/mol. The maximum Gasteiger partial charge on any atom is 0.326 e. The first kappa shape index (κ1) is 12.4. The van der Waals surface area contributed by atoms with Gasteiger partial charge < -0.3 is 9.67 Å². The van der Waals surface area contributed by atoms with E-state index >= 15 is 0 Å². The van der Waals surface area contributed by atoms with E-state index in [1.165, 1.54) is 0 Å². The molecule has 1 N–H and O–H groups in total. The van der Waals surface area contributed by atoms with Crippen LogP contribution >= 0.6 is 0 Å². The zero-order chi connectivity index (χ0) is 14.3. The van der Waals surface area contributed by atoms with Gasteiger partial charge in [0.05, 0.1) is 11.0 Å². The lowest BCUT2D eigenvalue weighted by Crippen LogP contribution is -2.20. The molecule has 1 unspecified atom stereocenters. The summed E-state index contributed by atoms with van der Waals surface area (Å²) in [4.78, 5) is 23.8. The van der Waals surface area contributed by atoms with E-state index in [9.17, 15) is 14.7 Å². The van der Waals surface area contributed by atoms with Crippen molar-refractivity contribution >= 4 is 27.8 Å². The van der Waals surface area contributed by atoms with Crippen LogP contribution in [0.2, 0.25) is 0 Å². The lowest BCUT2D eigenvalue weighted by Gasteiger charge is -2.18. The topological polar surface area (TPSA) is 59.3 Å². The molecule has 0 amide bonds. The molecule has 2 aromatic carbocycles.